The van der Waals surface area contributed by atoms with E-state index in [0.717, 1.165) is 27.7 Å². The first-order valence-corrected chi connectivity index (χ1v) is 9.63. The first kappa shape index (κ1) is 18.8. The maximum Gasteiger partial charge on any atom is 0.162 e. The van der Waals surface area contributed by atoms with E-state index >= 15 is 0 Å². The summed E-state index contributed by atoms with van der Waals surface area (Å²) >= 11 is 1.55. The van der Waals surface area contributed by atoms with Crippen molar-refractivity contribution >= 4 is 22.7 Å². The minimum atomic E-state index is 0.619. The molecule has 3 aromatic rings. The summed E-state index contributed by atoms with van der Waals surface area (Å²) in [5, 5.41) is 11.4. The van der Waals surface area contributed by atoms with Gasteiger partial charge in [-0.2, -0.15) is 5.10 Å². The Morgan fingerprint density at radius 2 is 1.93 bits per heavy atom. The molecule has 2 N–H and O–H groups in total. The van der Waals surface area contributed by atoms with Crippen LogP contribution in [0.4, 0.5) is 5.82 Å². The predicted molar refractivity (Wildman–Crippen MR) is 112 cm³/mol. The fourth-order valence-corrected chi connectivity index (χ4v) is 2.96. The Labute approximate surface area is 163 Å². The largest absolute Gasteiger partial charge is 0.497 e. The number of thioether (sulfide) groups is 1. The molecule has 0 spiro atoms. The van der Waals surface area contributed by atoms with Crippen LogP contribution in [0, 0.1) is 0 Å². The molecule has 1 aromatic heterocycles. The van der Waals surface area contributed by atoms with Crippen LogP contribution in [0.2, 0.25) is 0 Å². The zero-order valence-corrected chi connectivity index (χ0v) is 16.3. The number of hydrogen-bond donors (Lipinski definition) is 2. The van der Waals surface area contributed by atoms with E-state index in [2.05, 4.69) is 32.6 Å². The van der Waals surface area contributed by atoms with E-state index in [1.165, 1.54) is 0 Å². The maximum atomic E-state index is 5.47. The van der Waals surface area contributed by atoms with Crippen LogP contribution in [0.25, 0.3) is 11.3 Å². The average Bonchev–Trinajstić information content (AvgIpc) is 3.19. The number of rotatable bonds is 6. The Kier molecular flexibility index (Phi) is 6.38. The number of H-pyrrole nitrogens is 1. The van der Waals surface area contributed by atoms with E-state index in [9.17, 15) is 0 Å². The van der Waals surface area contributed by atoms with E-state index in [1.54, 1.807) is 26.0 Å². The zero-order chi connectivity index (χ0) is 19.1. The molecule has 0 radical (unpaired) electrons. The van der Waals surface area contributed by atoms with Crippen molar-refractivity contribution in [3.05, 3.63) is 60.2 Å². The third kappa shape index (κ3) is 4.83. The number of nitrogens with zero attached hydrogens (tertiary/aromatic N) is 2. The topological polar surface area (TPSA) is 71.5 Å². The van der Waals surface area contributed by atoms with Crippen LogP contribution in [0.3, 0.4) is 0 Å². The number of aliphatic imine (C=N–C) groups is 1. The van der Waals surface area contributed by atoms with Gasteiger partial charge in [-0.15, -0.1) is 0 Å². The molecule has 1 heterocycles. The molecule has 3 rings (SSSR count). The summed E-state index contributed by atoms with van der Waals surface area (Å²) in [6.07, 6.45) is 1.98. The van der Waals surface area contributed by atoms with Crippen molar-refractivity contribution in [2.45, 2.75) is 6.54 Å². The van der Waals surface area contributed by atoms with Gasteiger partial charge in [0.25, 0.3) is 0 Å². The molecule has 0 aliphatic rings. The Bertz CT molecular complexity index is 909. The summed E-state index contributed by atoms with van der Waals surface area (Å²) in [7, 11) is 3.27. The van der Waals surface area contributed by atoms with E-state index in [4.69, 9.17) is 9.47 Å². The normalized spacial score (nSPS) is 11.3. The number of aromatic nitrogens is 2. The number of benzene rings is 2. The lowest BCUT2D eigenvalue weighted by Crippen LogP contribution is -2.08. The van der Waals surface area contributed by atoms with Crippen molar-refractivity contribution in [2.24, 2.45) is 4.99 Å². The Morgan fingerprint density at radius 1 is 1.11 bits per heavy atom. The zero-order valence-electron chi connectivity index (χ0n) is 15.5. The number of ether oxygens (including phenoxy) is 2. The highest BCUT2D eigenvalue weighted by Crippen LogP contribution is 2.33. The molecule has 0 aliphatic heterocycles. The second-order valence-electron chi connectivity index (χ2n) is 5.67. The SMILES string of the molecule is COc1ccc(-c2cc(NC(=NCc3ccccc3)SC)n[nH]2)c(OC)c1. The Balaban J connectivity index is 1.75. The fourth-order valence-electron chi connectivity index (χ4n) is 2.56. The second kappa shape index (κ2) is 9.14. The summed E-state index contributed by atoms with van der Waals surface area (Å²) < 4.78 is 10.7. The number of amidine groups is 1. The van der Waals surface area contributed by atoms with Gasteiger partial charge in [-0.25, -0.2) is 0 Å². The highest BCUT2D eigenvalue weighted by molar-refractivity contribution is 8.13. The van der Waals surface area contributed by atoms with E-state index in [1.807, 2.05) is 48.7 Å². The average molecular weight is 382 g/mol. The number of nitrogens with one attached hydrogen (secondary N) is 2. The van der Waals surface area contributed by atoms with Crippen molar-refractivity contribution < 1.29 is 9.47 Å². The van der Waals surface area contributed by atoms with Gasteiger partial charge in [-0.05, 0) is 24.0 Å². The molecule has 6 nitrogen and oxygen atoms in total. The minimum Gasteiger partial charge on any atom is -0.497 e. The molecule has 0 atom stereocenters. The van der Waals surface area contributed by atoms with E-state index in [0.29, 0.717) is 18.1 Å². The van der Waals surface area contributed by atoms with Gasteiger partial charge < -0.3 is 14.8 Å². The van der Waals surface area contributed by atoms with Gasteiger partial charge in [-0.1, -0.05) is 42.1 Å². The smallest absolute Gasteiger partial charge is 0.162 e. The van der Waals surface area contributed by atoms with E-state index < -0.39 is 0 Å². The van der Waals surface area contributed by atoms with Crippen LogP contribution in [0.1, 0.15) is 5.56 Å². The molecule has 2 aromatic carbocycles. The molecule has 7 heteroatoms. The summed E-state index contributed by atoms with van der Waals surface area (Å²) in [6.45, 7) is 0.619. The van der Waals surface area contributed by atoms with Crippen molar-refractivity contribution in [3.63, 3.8) is 0 Å². The molecule has 27 heavy (non-hydrogen) atoms. The standard InChI is InChI=1S/C20H22N4O2S/c1-25-15-9-10-16(18(11-15)26-2)17-12-19(24-23-17)22-20(27-3)21-13-14-7-5-4-6-8-14/h4-12H,13H2,1-3H3,(H2,21,22,23,24). The third-order valence-corrected chi connectivity index (χ3v) is 4.57. The first-order chi connectivity index (χ1) is 13.2. The van der Waals surface area contributed by atoms with Crippen LogP contribution in [0.15, 0.2) is 59.6 Å². The molecule has 140 valence electrons. The van der Waals surface area contributed by atoms with Crippen molar-refractivity contribution in [3.8, 4) is 22.8 Å². The third-order valence-electron chi connectivity index (χ3n) is 3.95. The molecule has 0 saturated carbocycles. The Morgan fingerprint density at radius 3 is 2.63 bits per heavy atom. The number of anilines is 1. The summed E-state index contributed by atoms with van der Waals surface area (Å²) in [4.78, 5) is 4.62. The van der Waals surface area contributed by atoms with Gasteiger partial charge in [-0.3, -0.25) is 10.1 Å². The van der Waals surface area contributed by atoms with Gasteiger partial charge >= 0.3 is 0 Å². The van der Waals surface area contributed by atoms with Crippen LogP contribution in [-0.2, 0) is 6.54 Å². The molecule has 0 unspecified atom stereocenters. The van der Waals surface area contributed by atoms with Gasteiger partial charge in [0.05, 0.1) is 26.5 Å². The van der Waals surface area contributed by atoms with Crippen LogP contribution < -0.4 is 14.8 Å². The van der Waals surface area contributed by atoms with Gasteiger partial charge in [0.2, 0.25) is 0 Å². The van der Waals surface area contributed by atoms with Gasteiger partial charge in [0.15, 0.2) is 11.0 Å². The molecule has 0 aliphatic carbocycles. The molecule has 0 amide bonds. The highest BCUT2D eigenvalue weighted by atomic mass is 32.2. The van der Waals surface area contributed by atoms with Crippen molar-refractivity contribution in [1.82, 2.24) is 10.2 Å². The molecule has 0 bridgehead atoms. The van der Waals surface area contributed by atoms with Crippen LogP contribution >= 0.6 is 11.8 Å². The predicted octanol–water partition coefficient (Wildman–Crippen LogP) is 4.43. The number of aromatic amines is 1. The minimum absolute atomic E-state index is 0.619. The number of hydrogen-bond acceptors (Lipinski definition) is 5. The van der Waals surface area contributed by atoms with Crippen molar-refractivity contribution in [1.29, 1.82) is 0 Å². The lowest BCUT2D eigenvalue weighted by Gasteiger charge is -2.08. The first-order valence-electron chi connectivity index (χ1n) is 8.40. The van der Waals surface area contributed by atoms with Crippen LogP contribution in [0.5, 0.6) is 11.5 Å². The summed E-state index contributed by atoms with van der Waals surface area (Å²) in [6, 6.07) is 17.7. The van der Waals surface area contributed by atoms with Crippen molar-refractivity contribution in [2.75, 3.05) is 25.8 Å². The lowest BCUT2D eigenvalue weighted by molar-refractivity contribution is 0.395. The maximum absolute atomic E-state index is 5.47. The lowest BCUT2D eigenvalue weighted by atomic mass is 10.1. The number of methoxy groups -OCH3 is 2. The van der Waals surface area contributed by atoms with Gasteiger partial charge in [0.1, 0.15) is 11.5 Å². The van der Waals surface area contributed by atoms with E-state index in [-0.39, 0.29) is 0 Å². The monoisotopic (exact) mass is 382 g/mol. The summed E-state index contributed by atoms with van der Waals surface area (Å²) in [5.74, 6) is 2.16. The molecule has 0 saturated heterocycles. The quantitative estimate of drug-likeness (QED) is 0.488. The fraction of sp³-hybridized carbons (Fsp3) is 0.200. The second-order valence-corrected chi connectivity index (χ2v) is 6.46. The Hall–Kier alpha value is -2.93. The summed E-state index contributed by atoms with van der Waals surface area (Å²) in [5.41, 5.74) is 2.92. The van der Waals surface area contributed by atoms with Gasteiger partial charge in [0, 0.05) is 17.7 Å². The molecular weight excluding hydrogens is 360 g/mol. The van der Waals surface area contributed by atoms with Crippen LogP contribution in [-0.4, -0.2) is 35.8 Å². The molecule has 0 fully saturated rings. The molecular formula is C20H22N4O2S. The highest BCUT2D eigenvalue weighted by Gasteiger charge is 2.11.